The molecule has 2 aromatic rings. The lowest BCUT2D eigenvalue weighted by Gasteiger charge is -2.36. The number of amides is 3. The number of benzene rings is 2. The van der Waals surface area contributed by atoms with Crippen molar-refractivity contribution in [2.24, 2.45) is 11.8 Å². The molecule has 3 fully saturated rings. The lowest BCUT2D eigenvalue weighted by Crippen LogP contribution is -2.54. The van der Waals surface area contributed by atoms with E-state index in [4.69, 9.17) is 16.3 Å². The molecule has 32 heavy (non-hydrogen) atoms. The molecule has 0 aliphatic carbocycles. The summed E-state index contributed by atoms with van der Waals surface area (Å²) in [6.07, 6.45) is 1.47. The van der Waals surface area contributed by atoms with E-state index in [9.17, 15) is 18.8 Å². The molecule has 0 bridgehead atoms. The summed E-state index contributed by atoms with van der Waals surface area (Å²) in [6.45, 7) is 0.558. The van der Waals surface area contributed by atoms with E-state index in [0.717, 1.165) is 11.3 Å². The largest absolute Gasteiger partial charge is 0.495 e. The first-order chi connectivity index (χ1) is 15.4. The molecule has 0 unspecified atom stereocenters. The smallest absolute Gasteiger partial charge is 0.250 e. The van der Waals surface area contributed by atoms with Gasteiger partial charge in [-0.25, -0.2) is 9.29 Å². The average Bonchev–Trinajstić information content (AvgIpc) is 3.46. The van der Waals surface area contributed by atoms with Crippen LogP contribution >= 0.6 is 11.6 Å². The Balaban J connectivity index is 1.57. The van der Waals surface area contributed by atoms with Crippen molar-refractivity contribution in [1.82, 2.24) is 4.90 Å². The van der Waals surface area contributed by atoms with Gasteiger partial charge in [-0.1, -0.05) is 11.6 Å². The zero-order valence-corrected chi connectivity index (χ0v) is 17.9. The number of carbonyl (C=O) groups is 3. The summed E-state index contributed by atoms with van der Waals surface area (Å²) in [5.74, 6) is -3.12. The standard InChI is InChI=1S/C23H19ClFN3O4/c1-32-17-7-4-11(24)9-16(17)28-20(29)18-15-3-2-8-27(15)23(19(18)21(28)30)13-10-12(25)5-6-14(13)26-22(23)31/h4-7,9-10,15,18-19H,2-3,8H2,1H3,(H,26,31)/t15-,18+,19-,23+/m0/s1. The third-order valence-electron chi connectivity index (χ3n) is 7.34. The summed E-state index contributed by atoms with van der Waals surface area (Å²) in [5, 5.41) is 3.18. The van der Waals surface area contributed by atoms with Crippen LogP contribution in [0.5, 0.6) is 5.75 Å². The Hall–Kier alpha value is -2.97. The summed E-state index contributed by atoms with van der Waals surface area (Å²) in [7, 11) is 1.45. The molecule has 2 aromatic carbocycles. The Morgan fingerprint density at radius 3 is 2.75 bits per heavy atom. The van der Waals surface area contributed by atoms with Gasteiger partial charge in [0.1, 0.15) is 17.1 Å². The number of carbonyl (C=O) groups excluding carboxylic acids is 3. The van der Waals surface area contributed by atoms with Crippen LogP contribution < -0.4 is 15.0 Å². The highest BCUT2D eigenvalue weighted by molar-refractivity contribution is 6.32. The van der Waals surface area contributed by atoms with E-state index >= 15 is 0 Å². The fourth-order valence-electron chi connectivity index (χ4n) is 6.25. The van der Waals surface area contributed by atoms with Crippen molar-refractivity contribution < 1.29 is 23.5 Å². The van der Waals surface area contributed by atoms with Crippen LogP contribution in [0, 0.1) is 17.7 Å². The molecule has 1 spiro atoms. The SMILES string of the molecule is COc1ccc(Cl)cc1N1C(=O)[C@H]2[C@@H](C1=O)[C@]1(C(=O)Nc3ccc(F)cc31)N1CCC[C@@H]21. The summed E-state index contributed by atoms with van der Waals surface area (Å²) in [6, 6.07) is 8.53. The molecule has 4 aliphatic heterocycles. The quantitative estimate of drug-likeness (QED) is 0.704. The van der Waals surface area contributed by atoms with Gasteiger partial charge in [-0.2, -0.15) is 0 Å². The van der Waals surface area contributed by atoms with Gasteiger partial charge in [-0.05, 0) is 55.8 Å². The predicted molar refractivity (Wildman–Crippen MR) is 114 cm³/mol. The maximum Gasteiger partial charge on any atom is 0.250 e. The highest BCUT2D eigenvalue weighted by Crippen LogP contribution is 2.61. The second-order valence-corrected chi connectivity index (χ2v) is 9.08. The number of imide groups is 1. The van der Waals surface area contributed by atoms with Gasteiger partial charge < -0.3 is 10.1 Å². The number of fused-ring (bicyclic) bond motifs is 7. The number of anilines is 2. The number of methoxy groups -OCH3 is 1. The van der Waals surface area contributed by atoms with Crippen LogP contribution in [0.1, 0.15) is 18.4 Å². The van der Waals surface area contributed by atoms with Crippen LogP contribution in [0.15, 0.2) is 36.4 Å². The fraction of sp³-hybridized carbons (Fsp3) is 0.348. The van der Waals surface area contributed by atoms with Gasteiger partial charge in [0.25, 0.3) is 0 Å². The minimum atomic E-state index is -1.42. The van der Waals surface area contributed by atoms with Crippen molar-refractivity contribution in [2.45, 2.75) is 24.4 Å². The molecule has 3 amide bonds. The van der Waals surface area contributed by atoms with Crippen molar-refractivity contribution in [2.75, 3.05) is 23.9 Å². The molecule has 0 radical (unpaired) electrons. The van der Waals surface area contributed by atoms with Crippen LogP contribution in [0.25, 0.3) is 0 Å². The Morgan fingerprint density at radius 2 is 1.97 bits per heavy atom. The molecule has 4 heterocycles. The van der Waals surface area contributed by atoms with Crippen LogP contribution in [0.3, 0.4) is 0 Å². The number of nitrogens with zero attached hydrogens (tertiary/aromatic N) is 2. The average molecular weight is 456 g/mol. The number of halogens is 2. The third-order valence-corrected chi connectivity index (χ3v) is 7.57. The lowest BCUT2D eigenvalue weighted by atomic mass is 9.75. The van der Waals surface area contributed by atoms with E-state index in [-0.39, 0.29) is 17.6 Å². The number of ether oxygens (including phenoxy) is 1. The molecule has 9 heteroatoms. The Labute approximate surface area is 188 Å². The van der Waals surface area contributed by atoms with Crippen molar-refractivity contribution in [1.29, 1.82) is 0 Å². The van der Waals surface area contributed by atoms with Crippen molar-refractivity contribution in [3.05, 3.63) is 52.8 Å². The highest BCUT2D eigenvalue weighted by Gasteiger charge is 2.74. The molecule has 0 saturated carbocycles. The van der Waals surface area contributed by atoms with Gasteiger partial charge in [-0.15, -0.1) is 0 Å². The number of nitrogens with one attached hydrogen (secondary N) is 1. The molecular formula is C23H19ClFN3O4. The summed E-state index contributed by atoms with van der Waals surface area (Å²) in [5.41, 5.74) is -0.275. The van der Waals surface area contributed by atoms with Gasteiger partial charge in [0.15, 0.2) is 0 Å². The Kier molecular flexibility index (Phi) is 4.02. The zero-order chi connectivity index (χ0) is 22.4. The molecular weight excluding hydrogens is 437 g/mol. The summed E-state index contributed by atoms with van der Waals surface area (Å²) < 4.78 is 19.7. The molecule has 164 valence electrons. The maximum absolute atomic E-state index is 14.3. The molecule has 3 saturated heterocycles. The highest BCUT2D eigenvalue weighted by atomic mass is 35.5. The minimum Gasteiger partial charge on any atom is -0.495 e. The molecule has 0 aromatic heterocycles. The lowest BCUT2D eigenvalue weighted by molar-refractivity contribution is -0.135. The topological polar surface area (TPSA) is 78.9 Å². The second-order valence-electron chi connectivity index (χ2n) is 8.64. The van der Waals surface area contributed by atoms with E-state index in [1.165, 1.54) is 31.4 Å². The molecule has 4 atom stereocenters. The van der Waals surface area contributed by atoms with Gasteiger partial charge in [0, 0.05) is 22.3 Å². The molecule has 1 N–H and O–H groups in total. The van der Waals surface area contributed by atoms with Crippen molar-refractivity contribution >= 4 is 40.7 Å². The first kappa shape index (κ1) is 19.7. The number of rotatable bonds is 2. The van der Waals surface area contributed by atoms with Crippen LogP contribution in [0.2, 0.25) is 5.02 Å². The maximum atomic E-state index is 14.3. The Bertz CT molecular complexity index is 1220. The van der Waals surface area contributed by atoms with Crippen LogP contribution in [0.4, 0.5) is 15.8 Å². The monoisotopic (exact) mass is 455 g/mol. The van der Waals surface area contributed by atoms with E-state index in [2.05, 4.69) is 5.32 Å². The fourth-order valence-corrected chi connectivity index (χ4v) is 6.42. The predicted octanol–water partition coefficient (Wildman–Crippen LogP) is 2.92. The van der Waals surface area contributed by atoms with E-state index in [0.29, 0.717) is 35.0 Å². The van der Waals surface area contributed by atoms with Crippen LogP contribution in [-0.4, -0.2) is 42.3 Å². The zero-order valence-electron chi connectivity index (χ0n) is 17.1. The summed E-state index contributed by atoms with van der Waals surface area (Å²) >= 11 is 6.17. The van der Waals surface area contributed by atoms with Gasteiger partial charge >= 0.3 is 0 Å². The third kappa shape index (κ3) is 2.21. The first-order valence-corrected chi connectivity index (χ1v) is 10.9. The van der Waals surface area contributed by atoms with E-state index in [1.807, 2.05) is 4.90 Å². The van der Waals surface area contributed by atoms with Crippen LogP contribution in [-0.2, 0) is 19.9 Å². The van der Waals surface area contributed by atoms with Gasteiger partial charge in [0.2, 0.25) is 17.7 Å². The molecule has 4 aliphatic rings. The van der Waals surface area contributed by atoms with Crippen molar-refractivity contribution in [3.8, 4) is 5.75 Å². The Morgan fingerprint density at radius 1 is 1.16 bits per heavy atom. The normalized spacial score (nSPS) is 30.7. The van der Waals surface area contributed by atoms with E-state index in [1.54, 1.807) is 12.1 Å². The molecule has 7 nitrogen and oxygen atoms in total. The molecule has 6 rings (SSSR count). The minimum absolute atomic E-state index is 0.252. The van der Waals surface area contributed by atoms with Crippen molar-refractivity contribution in [3.63, 3.8) is 0 Å². The number of hydrogen-bond acceptors (Lipinski definition) is 5. The first-order valence-electron chi connectivity index (χ1n) is 10.5. The van der Waals surface area contributed by atoms with E-state index < -0.39 is 35.0 Å². The summed E-state index contributed by atoms with van der Waals surface area (Å²) in [4.78, 5) is 44.2. The van der Waals surface area contributed by atoms with Gasteiger partial charge in [0.05, 0.1) is 24.6 Å². The second kappa shape index (κ2) is 6.52. The number of hydrogen-bond donors (Lipinski definition) is 1. The van der Waals surface area contributed by atoms with Gasteiger partial charge in [-0.3, -0.25) is 19.3 Å².